The lowest BCUT2D eigenvalue weighted by molar-refractivity contribution is 0.129. The highest BCUT2D eigenvalue weighted by Crippen LogP contribution is 2.29. The van der Waals surface area contributed by atoms with Crippen molar-refractivity contribution in [2.45, 2.75) is 32.7 Å². The van der Waals surface area contributed by atoms with Gasteiger partial charge in [0.25, 0.3) is 0 Å². The highest BCUT2D eigenvalue weighted by molar-refractivity contribution is 5.27. The Bertz CT molecular complexity index is 460. The zero-order valence-electron chi connectivity index (χ0n) is 12.5. The minimum absolute atomic E-state index is 0.0789. The van der Waals surface area contributed by atoms with E-state index in [-0.39, 0.29) is 17.7 Å². The summed E-state index contributed by atoms with van der Waals surface area (Å²) in [6.45, 7) is 6.44. The molecule has 0 radical (unpaired) electrons. The van der Waals surface area contributed by atoms with Crippen molar-refractivity contribution in [2.24, 2.45) is 5.92 Å². The standard InChI is InChI=1S/C16H24F2N2/c1-11-7-16(18)14(8-15(11)17)12(2)20-6-4-5-13(10-20)9-19-3/h7-8,12-13,19H,4-6,9-10H2,1-3H3. The zero-order valence-corrected chi connectivity index (χ0v) is 12.5. The van der Waals surface area contributed by atoms with Gasteiger partial charge in [-0.25, -0.2) is 8.78 Å². The molecule has 0 spiro atoms. The maximum absolute atomic E-state index is 14.1. The molecule has 0 aromatic heterocycles. The van der Waals surface area contributed by atoms with Crippen molar-refractivity contribution in [3.8, 4) is 0 Å². The van der Waals surface area contributed by atoms with Crippen LogP contribution >= 0.6 is 0 Å². The average Bonchev–Trinajstić information content (AvgIpc) is 2.43. The fourth-order valence-electron chi connectivity index (χ4n) is 3.08. The lowest BCUT2D eigenvalue weighted by Crippen LogP contribution is -2.40. The number of rotatable bonds is 4. The molecule has 1 aromatic rings. The summed E-state index contributed by atoms with van der Waals surface area (Å²) in [6, 6.07) is 2.58. The first-order valence-electron chi connectivity index (χ1n) is 7.37. The minimum atomic E-state index is -0.322. The van der Waals surface area contributed by atoms with Crippen LogP contribution in [0.15, 0.2) is 12.1 Å². The highest BCUT2D eigenvalue weighted by atomic mass is 19.1. The third-order valence-electron chi connectivity index (χ3n) is 4.32. The Morgan fingerprint density at radius 1 is 1.35 bits per heavy atom. The number of likely N-dealkylation sites (tertiary alicyclic amines) is 1. The summed E-state index contributed by atoms with van der Waals surface area (Å²) < 4.78 is 27.8. The van der Waals surface area contributed by atoms with E-state index in [0.29, 0.717) is 17.0 Å². The van der Waals surface area contributed by atoms with E-state index in [1.165, 1.54) is 18.6 Å². The molecule has 2 rings (SSSR count). The van der Waals surface area contributed by atoms with Gasteiger partial charge in [-0.05, 0) is 70.4 Å². The van der Waals surface area contributed by atoms with E-state index in [9.17, 15) is 8.78 Å². The first kappa shape index (κ1) is 15.4. The van der Waals surface area contributed by atoms with E-state index >= 15 is 0 Å². The van der Waals surface area contributed by atoms with Crippen molar-refractivity contribution < 1.29 is 8.78 Å². The van der Waals surface area contributed by atoms with Gasteiger partial charge >= 0.3 is 0 Å². The second-order valence-electron chi connectivity index (χ2n) is 5.86. The van der Waals surface area contributed by atoms with Gasteiger partial charge in [0.15, 0.2) is 0 Å². The second kappa shape index (κ2) is 6.64. The normalized spacial score (nSPS) is 21.9. The van der Waals surface area contributed by atoms with E-state index in [1.807, 2.05) is 14.0 Å². The van der Waals surface area contributed by atoms with Crippen molar-refractivity contribution in [1.82, 2.24) is 10.2 Å². The third-order valence-corrected chi connectivity index (χ3v) is 4.32. The molecule has 1 aromatic carbocycles. The van der Waals surface area contributed by atoms with Crippen molar-refractivity contribution in [3.05, 3.63) is 34.9 Å². The molecule has 112 valence electrons. The monoisotopic (exact) mass is 282 g/mol. The molecule has 0 saturated carbocycles. The topological polar surface area (TPSA) is 15.3 Å². The number of halogens is 2. The van der Waals surface area contributed by atoms with E-state index in [4.69, 9.17) is 0 Å². The minimum Gasteiger partial charge on any atom is -0.319 e. The third kappa shape index (κ3) is 3.36. The summed E-state index contributed by atoms with van der Waals surface area (Å²) in [5.41, 5.74) is 0.836. The molecule has 1 aliphatic rings. The first-order chi connectivity index (χ1) is 9.52. The summed E-state index contributed by atoms with van der Waals surface area (Å²) in [4.78, 5) is 2.26. The van der Waals surface area contributed by atoms with Crippen LogP contribution in [0.3, 0.4) is 0 Å². The van der Waals surface area contributed by atoms with Gasteiger partial charge in [0.05, 0.1) is 0 Å². The number of piperidine rings is 1. The van der Waals surface area contributed by atoms with E-state index in [1.54, 1.807) is 6.92 Å². The van der Waals surface area contributed by atoms with Crippen LogP contribution in [-0.4, -0.2) is 31.6 Å². The quantitative estimate of drug-likeness (QED) is 0.912. The van der Waals surface area contributed by atoms with Gasteiger partial charge in [0.2, 0.25) is 0 Å². The fourth-order valence-corrected chi connectivity index (χ4v) is 3.08. The molecule has 1 fully saturated rings. The molecule has 0 bridgehead atoms. The lowest BCUT2D eigenvalue weighted by Gasteiger charge is -2.37. The SMILES string of the molecule is CNCC1CCCN(C(C)c2cc(F)c(C)cc2F)C1. The molecule has 2 unspecified atom stereocenters. The Hall–Kier alpha value is -1.00. The average molecular weight is 282 g/mol. The Morgan fingerprint density at radius 3 is 2.80 bits per heavy atom. The number of nitrogens with one attached hydrogen (secondary N) is 1. The lowest BCUT2D eigenvalue weighted by atomic mass is 9.94. The van der Waals surface area contributed by atoms with Crippen LogP contribution in [0.5, 0.6) is 0 Å². The van der Waals surface area contributed by atoms with E-state index in [0.717, 1.165) is 26.1 Å². The van der Waals surface area contributed by atoms with Crippen molar-refractivity contribution >= 4 is 0 Å². The maximum atomic E-state index is 14.1. The Morgan fingerprint density at radius 2 is 2.10 bits per heavy atom. The molecule has 0 amide bonds. The van der Waals surface area contributed by atoms with Crippen LogP contribution in [0, 0.1) is 24.5 Å². The van der Waals surface area contributed by atoms with Gasteiger partial charge in [-0.15, -0.1) is 0 Å². The highest BCUT2D eigenvalue weighted by Gasteiger charge is 2.26. The van der Waals surface area contributed by atoms with Crippen LogP contribution in [0.4, 0.5) is 8.78 Å². The molecule has 1 aliphatic heterocycles. The number of hydrogen-bond donors (Lipinski definition) is 1. The molecule has 1 heterocycles. The van der Waals surface area contributed by atoms with Crippen molar-refractivity contribution in [2.75, 3.05) is 26.7 Å². The summed E-state index contributed by atoms with van der Waals surface area (Å²) in [6.07, 6.45) is 2.32. The molecule has 20 heavy (non-hydrogen) atoms. The van der Waals surface area contributed by atoms with E-state index < -0.39 is 0 Å². The van der Waals surface area contributed by atoms with Gasteiger partial charge in [-0.3, -0.25) is 4.90 Å². The maximum Gasteiger partial charge on any atom is 0.128 e. The van der Waals surface area contributed by atoms with Gasteiger partial charge in [-0.2, -0.15) is 0 Å². The van der Waals surface area contributed by atoms with Crippen LogP contribution < -0.4 is 5.32 Å². The van der Waals surface area contributed by atoms with Gasteiger partial charge < -0.3 is 5.32 Å². The molecule has 1 N–H and O–H groups in total. The number of aryl methyl sites for hydroxylation is 1. The van der Waals surface area contributed by atoms with Crippen molar-refractivity contribution in [3.63, 3.8) is 0 Å². The van der Waals surface area contributed by atoms with Crippen LogP contribution in [0.1, 0.15) is 36.9 Å². The van der Waals surface area contributed by atoms with E-state index in [2.05, 4.69) is 10.2 Å². The molecule has 2 atom stereocenters. The van der Waals surface area contributed by atoms with Crippen molar-refractivity contribution in [1.29, 1.82) is 0 Å². The fraction of sp³-hybridized carbons (Fsp3) is 0.625. The Kier molecular flexibility index (Phi) is 5.11. The van der Waals surface area contributed by atoms with Gasteiger partial charge in [0.1, 0.15) is 11.6 Å². The predicted octanol–water partition coefficient (Wildman–Crippen LogP) is 3.27. The second-order valence-corrected chi connectivity index (χ2v) is 5.86. The summed E-state index contributed by atoms with van der Waals surface area (Å²) in [5, 5.41) is 3.20. The van der Waals surface area contributed by atoms with Crippen LogP contribution in [-0.2, 0) is 0 Å². The number of benzene rings is 1. The van der Waals surface area contributed by atoms with Gasteiger partial charge in [0, 0.05) is 18.2 Å². The smallest absolute Gasteiger partial charge is 0.128 e. The Balaban J connectivity index is 2.14. The van der Waals surface area contributed by atoms with Gasteiger partial charge in [-0.1, -0.05) is 0 Å². The summed E-state index contributed by atoms with van der Waals surface area (Å²) in [7, 11) is 1.96. The number of nitrogens with zero attached hydrogens (tertiary/aromatic N) is 1. The molecule has 2 nitrogen and oxygen atoms in total. The largest absolute Gasteiger partial charge is 0.319 e. The zero-order chi connectivity index (χ0) is 14.7. The summed E-state index contributed by atoms with van der Waals surface area (Å²) in [5.74, 6) is -0.0290. The Labute approximate surface area is 120 Å². The van der Waals surface area contributed by atoms with Crippen LogP contribution in [0.25, 0.3) is 0 Å². The molecular formula is C16H24F2N2. The van der Waals surface area contributed by atoms with Crippen LogP contribution in [0.2, 0.25) is 0 Å². The molecule has 1 saturated heterocycles. The molecule has 0 aliphatic carbocycles. The predicted molar refractivity (Wildman–Crippen MR) is 77.7 cm³/mol. The first-order valence-corrected chi connectivity index (χ1v) is 7.37. The molecular weight excluding hydrogens is 258 g/mol. The summed E-state index contributed by atoms with van der Waals surface area (Å²) >= 11 is 0. The number of hydrogen-bond acceptors (Lipinski definition) is 2. The molecule has 4 heteroatoms.